The number of halogens is 3. The van der Waals surface area contributed by atoms with Gasteiger partial charge in [-0.2, -0.15) is 18.3 Å². The normalized spacial score (nSPS) is 14.9. The molecule has 0 aliphatic heterocycles. The Hall–Kier alpha value is -2.31. The van der Waals surface area contributed by atoms with E-state index in [1.54, 1.807) is 30.3 Å². The van der Waals surface area contributed by atoms with Crippen molar-refractivity contribution in [1.82, 2.24) is 15.1 Å². The van der Waals surface area contributed by atoms with Crippen molar-refractivity contribution in [3.05, 3.63) is 42.1 Å². The maximum absolute atomic E-state index is 12.7. The monoisotopic (exact) mass is 309 g/mol. The van der Waals surface area contributed by atoms with Crippen LogP contribution in [0.5, 0.6) is 0 Å². The standard InChI is InChI=1S/C15H14F3N3O/c16-15(17,18)9-21-13(10-4-2-1-3-5-10)12(8-19-21)14(22)20-11-6-7-11/h1-5,8,11H,6-7,9H2,(H,20,22). The van der Waals surface area contributed by atoms with Crippen molar-refractivity contribution in [2.45, 2.75) is 31.6 Å². The average Bonchev–Trinajstić information content (AvgIpc) is 3.17. The van der Waals surface area contributed by atoms with Gasteiger partial charge in [0.25, 0.3) is 5.91 Å². The molecule has 116 valence electrons. The van der Waals surface area contributed by atoms with Gasteiger partial charge >= 0.3 is 6.18 Å². The van der Waals surface area contributed by atoms with E-state index in [1.165, 1.54) is 6.20 Å². The maximum atomic E-state index is 12.7. The third kappa shape index (κ3) is 3.29. The van der Waals surface area contributed by atoms with E-state index in [1.807, 2.05) is 0 Å². The molecular formula is C15H14F3N3O. The molecule has 1 aliphatic carbocycles. The van der Waals surface area contributed by atoms with Crippen molar-refractivity contribution in [1.29, 1.82) is 0 Å². The maximum Gasteiger partial charge on any atom is 0.408 e. The average molecular weight is 309 g/mol. The van der Waals surface area contributed by atoms with Gasteiger partial charge in [0.15, 0.2) is 0 Å². The van der Waals surface area contributed by atoms with Crippen molar-refractivity contribution in [2.24, 2.45) is 0 Å². The predicted octanol–water partition coefficient (Wildman–Crippen LogP) is 3.00. The summed E-state index contributed by atoms with van der Waals surface area (Å²) in [6.07, 6.45) is -1.39. The van der Waals surface area contributed by atoms with E-state index in [0.717, 1.165) is 17.5 Å². The summed E-state index contributed by atoms with van der Waals surface area (Å²) in [5.41, 5.74) is 0.892. The zero-order valence-electron chi connectivity index (χ0n) is 11.6. The van der Waals surface area contributed by atoms with Gasteiger partial charge in [-0.05, 0) is 12.8 Å². The second-order valence-corrected chi connectivity index (χ2v) is 5.29. The Bertz CT molecular complexity index is 675. The lowest BCUT2D eigenvalue weighted by Gasteiger charge is -2.12. The second kappa shape index (κ2) is 5.47. The fraction of sp³-hybridized carbons (Fsp3) is 0.333. The molecule has 1 aromatic carbocycles. The molecule has 1 aromatic heterocycles. The summed E-state index contributed by atoms with van der Waals surface area (Å²) in [7, 11) is 0. The highest BCUT2D eigenvalue weighted by molar-refractivity contribution is 6.00. The lowest BCUT2D eigenvalue weighted by molar-refractivity contribution is -0.142. The van der Waals surface area contributed by atoms with Gasteiger partial charge in [0.2, 0.25) is 0 Å². The van der Waals surface area contributed by atoms with Gasteiger partial charge < -0.3 is 5.32 Å². The number of carbonyl (C=O) groups is 1. The zero-order valence-corrected chi connectivity index (χ0v) is 11.6. The van der Waals surface area contributed by atoms with Crippen LogP contribution in [0.25, 0.3) is 11.3 Å². The molecule has 1 saturated carbocycles. The Labute approximate surface area is 124 Å². The minimum absolute atomic E-state index is 0.127. The number of benzene rings is 1. The topological polar surface area (TPSA) is 46.9 Å². The predicted molar refractivity (Wildman–Crippen MR) is 74.2 cm³/mol. The van der Waals surface area contributed by atoms with Gasteiger partial charge in [-0.15, -0.1) is 0 Å². The van der Waals surface area contributed by atoms with Crippen LogP contribution in [0.15, 0.2) is 36.5 Å². The number of aromatic nitrogens is 2. The highest BCUT2D eigenvalue weighted by Gasteiger charge is 2.32. The Morgan fingerprint density at radius 2 is 1.95 bits per heavy atom. The first-order chi connectivity index (χ1) is 10.4. The van der Waals surface area contributed by atoms with Gasteiger partial charge in [-0.25, -0.2) is 0 Å². The third-order valence-corrected chi connectivity index (χ3v) is 3.37. The van der Waals surface area contributed by atoms with Crippen LogP contribution in [0, 0.1) is 0 Å². The Morgan fingerprint density at radius 1 is 1.27 bits per heavy atom. The molecule has 0 atom stereocenters. The number of hydrogen-bond acceptors (Lipinski definition) is 2. The summed E-state index contributed by atoms with van der Waals surface area (Å²) in [6, 6.07) is 8.64. The van der Waals surface area contributed by atoms with E-state index in [-0.39, 0.29) is 23.2 Å². The van der Waals surface area contributed by atoms with Crippen molar-refractivity contribution in [3.63, 3.8) is 0 Å². The van der Waals surface area contributed by atoms with Gasteiger partial charge in [-0.1, -0.05) is 30.3 Å². The molecule has 1 fully saturated rings. The number of alkyl halides is 3. The molecule has 1 aliphatic rings. The van der Waals surface area contributed by atoms with E-state index in [9.17, 15) is 18.0 Å². The van der Waals surface area contributed by atoms with Crippen LogP contribution in [0.2, 0.25) is 0 Å². The highest BCUT2D eigenvalue weighted by Crippen LogP contribution is 2.28. The summed E-state index contributed by atoms with van der Waals surface area (Å²) < 4.78 is 38.9. The van der Waals surface area contributed by atoms with Crippen LogP contribution in [0.3, 0.4) is 0 Å². The minimum Gasteiger partial charge on any atom is -0.349 e. The lowest BCUT2D eigenvalue weighted by Crippen LogP contribution is -2.26. The van der Waals surface area contributed by atoms with Crippen molar-refractivity contribution in [3.8, 4) is 11.3 Å². The van der Waals surface area contributed by atoms with Crippen molar-refractivity contribution in [2.75, 3.05) is 0 Å². The first kappa shape index (κ1) is 14.6. The van der Waals surface area contributed by atoms with Crippen LogP contribution in [-0.4, -0.2) is 27.9 Å². The second-order valence-electron chi connectivity index (χ2n) is 5.29. The number of rotatable bonds is 4. The number of hydrogen-bond donors (Lipinski definition) is 1. The van der Waals surface area contributed by atoms with Gasteiger partial charge in [0.05, 0.1) is 17.5 Å². The van der Waals surface area contributed by atoms with Crippen molar-refractivity contribution >= 4 is 5.91 Å². The molecule has 1 N–H and O–H groups in total. The fourth-order valence-corrected chi connectivity index (χ4v) is 2.23. The molecule has 22 heavy (non-hydrogen) atoms. The molecule has 4 nitrogen and oxygen atoms in total. The Balaban J connectivity index is 2.00. The molecule has 7 heteroatoms. The van der Waals surface area contributed by atoms with Crippen molar-refractivity contribution < 1.29 is 18.0 Å². The molecule has 0 saturated heterocycles. The summed E-state index contributed by atoms with van der Waals surface area (Å²) >= 11 is 0. The number of nitrogens with zero attached hydrogens (tertiary/aromatic N) is 2. The smallest absolute Gasteiger partial charge is 0.349 e. The summed E-state index contributed by atoms with van der Waals surface area (Å²) in [5, 5.41) is 6.55. The number of carbonyl (C=O) groups excluding carboxylic acids is 1. The van der Waals surface area contributed by atoms with Crippen LogP contribution >= 0.6 is 0 Å². The molecule has 3 rings (SSSR count). The van der Waals surface area contributed by atoms with E-state index in [4.69, 9.17) is 0 Å². The summed E-state index contributed by atoms with van der Waals surface area (Å²) in [4.78, 5) is 12.2. The molecular weight excluding hydrogens is 295 g/mol. The number of nitrogens with one attached hydrogen (secondary N) is 1. The molecule has 2 aromatic rings. The largest absolute Gasteiger partial charge is 0.408 e. The zero-order chi connectivity index (χ0) is 15.7. The molecule has 1 amide bonds. The third-order valence-electron chi connectivity index (χ3n) is 3.37. The summed E-state index contributed by atoms with van der Waals surface area (Å²) in [6.45, 7) is -1.23. The summed E-state index contributed by atoms with van der Waals surface area (Å²) in [5.74, 6) is -0.380. The fourth-order valence-electron chi connectivity index (χ4n) is 2.23. The lowest BCUT2D eigenvalue weighted by atomic mass is 10.1. The van der Waals surface area contributed by atoms with Crippen LogP contribution in [-0.2, 0) is 6.54 Å². The van der Waals surface area contributed by atoms with Gasteiger partial charge in [0, 0.05) is 11.6 Å². The van der Waals surface area contributed by atoms with Crippen LogP contribution in [0.1, 0.15) is 23.2 Å². The van der Waals surface area contributed by atoms with E-state index in [0.29, 0.717) is 5.56 Å². The first-order valence-corrected chi connectivity index (χ1v) is 6.93. The Kier molecular flexibility index (Phi) is 3.64. The van der Waals surface area contributed by atoms with Gasteiger partial charge in [0.1, 0.15) is 6.54 Å². The van der Waals surface area contributed by atoms with E-state index in [2.05, 4.69) is 10.4 Å². The van der Waals surface area contributed by atoms with Crippen LogP contribution < -0.4 is 5.32 Å². The molecule has 0 spiro atoms. The quantitative estimate of drug-likeness (QED) is 0.944. The molecule has 0 unspecified atom stereocenters. The minimum atomic E-state index is -4.40. The molecule has 0 radical (unpaired) electrons. The molecule has 0 bridgehead atoms. The van der Waals surface area contributed by atoms with E-state index < -0.39 is 12.7 Å². The SMILES string of the molecule is O=C(NC1CC1)c1cnn(CC(F)(F)F)c1-c1ccccc1. The molecule has 1 heterocycles. The highest BCUT2D eigenvalue weighted by atomic mass is 19.4. The number of amides is 1. The van der Waals surface area contributed by atoms with Gasteiger partial charge in [-0.3, -0.25) is 9.48 Å². The van der Waals surface area contributed by atoms with Crippen LogP contribution in [0.4, 0.5) is 13.2 Å². The van der Waals surface area contributed by atoms with E-state index >= 15 is 0 Å². The first-order valence-electron chi connectivity index (χ1n) is 6.93. The Morgan fingerprint density at radius 3 is 2.55 bits per heavy atom.